The van der Waals surface area contributed by atoms with Gasteiger partial charge in [0.05, 0.1) is 18.0 Å². The Morgan fingerprint density at radius 1 is 1.22 bits per heavy atom. The van der Waals surface area contributed by atoms with Gasteiger partial charge in [-0.15, -0.1) is 0 Å². The molecule has 6 nitrogen and oxygen atoms in total. The molecule has 0 aliphatic heterocycles. The summed E-state index contributed by atoms with van der Waals surface area (Å²) in [6.45, 7) is 2.26. The summed E-state index contributed by atoms with van der Waals surface area (Å²) in [4.78, 5) is 25.0. The van der Waals surface area contributed by atoms with Gasteiger partial charge >= 0.3 is 5.76 Å². The van der Waals surface area contributed by atoms with Crippen LogP contribution in [0.25, 0.3) is 11.1 Å². The van der Waals surface area contributed by atoms with Crippen molar-refractivity contribution in [3.05, 3.63) is 64.6 Å². The van der Waals surface area contributed by atoms with Gasteiger partial charge in [-0.3, -0.25) is 9.36 Å². The van der Waals surface area contributed by atoms with E-state index < -0.39 is 11.2 Å². The van der Waals surface area contributed by atoms with Gasteiger partial charge in [-0.05, 0) is 49.6 Å². The molecule has 1 fully saturated rings. The molecular weight excluding hydrogens is 344 g/mol. The van der Waals surface area contributed by atoms with Gasteiger partial charge in [0.15, 0.2) is 5.58 Å². The van der Waals surface area contributed by atoms with Crippen molar-refractivity contribution in [2.24, 2.45) is 0 Å². The topological polar surface area (TPSA) is 73.5 Å². The van der Waals surface area contributed by atoms with Crippen LogP contribution in [0.5, 0.6) is 5.75 Å². The molecule has 1 aliphatic rings. The molecule has 0 bridgehead atoms. The molecule has 1 saturated carbocycles. The summed E-state index contributed by atoms with van der Waals surface area (Å²) in [5, 5.41) is 3.07. The molecule has 1 atom stereocenters. The first-order chi connectivity index (χ1) is 13.0. The number of ether oxygens (including phenoxy) is 1. The number of hydrogen-bond acceptors (Lipinski definition) is 4. The van der Waals surface area contributed by atoms with Crippen molar-refractivity contribution in [3.63, 3.8) is 0 Å². The maximum Gasteiger partial charge on any atom is 0.420 e. The maximum atomic E-state index is 12.9. The van der Waals surface area contributed by atoms with Crippen molar-refractivity contribution in [1.82, 2.24) is 9.88 Å². The van der Waals surface area contributed by atoms with Gasteiger partial charge in [0.1, 0.15) is 5.75 Å². The molecule has 0 spiro atoms. The zero-order valence-electron chi connectivity index (χ0n) is 15.4. The first kappa shape index (κ1) is 17.4. The third-order valence-electron chi connectivity index (χ3n) is 5.23. The summed E-state index contributed by atoms with van der Waals surface area (Å²) in [5.41, 5.74) is 1.82. The number of nitrogens with zero attached hydrogens (tertiary/aromatic N) is 1. The first-order valence-corrected chi connectivity index (χ1v) is 9.07. The van der Waals surface area contributed by atoms with Crippen molar-refractivity contribution in [1.29, 1.82) is 0 Å². The van der Waals surface area contributed by atoms with Crippen LogP contribution in [-0.4, -0.2) is 23.6 Å². The normalized spacial score (nSPS) is 16.1. The summed E-state index contributed by atoms with van der Waals surface area (Å²) in [7, 11) is 1.62. The van der Waals surface area contributed by atoms with Gasteiger partial charge in [0, 0.05) is 12.6 Å². The van der Waals surface area contributed by atoms with Gasteiger partial charge in [0.2, 0.25) is 5.91 Å². The van der Waals surface area contributed by atoms with Crippen LogP contribution < -0.4 is 15.8 Å². The first-order valence-electron chi connectivity index (χ1n) is 9.07. The number of amides is 1. The number of nitrogens with one attached hydrogen (secondary N) is 1. The van der Waals surface area contributed by atoms with Crippen LogP contribution in [0.4, 0.5) is 0 Å². The molecule has 0 radical (unpaired) electrons. The third kappa shape index (κ3) is 3.12. The van der Waals surface area contributed by atoms with Crippen molar-refractivity contribution in [3.8, 4) is 5.75 Å². The van der Waals surface area contributed by atoms with Gasteiger partial charge < -0.3 is 14.5 Å². The van der Waals surface area contributed by atoms with Crippen LogP contribution in [0.3, 0.4) is 0 Å². The van der Waals surface area contributed by atoms with Crippen LogP contribution in [-0.2, 0) is 16.8 Å². The second-order valence-electron chi connectivity index (χ2n) is 7.13. The van der Waals surface area contributed by atoms with Gasteiger partial charge in [-0.2, -0.15) is 0 Å². The van der Waals surface area contributed by atoms with E-state index in [1.54, 1.807) is 17.7 Å². The Morgan fingerprint density at radius 3 is 2.59 bits per heavy atom. The summed E-state index contributed by atoms with van der Waals surface area (Å²) < 4.78 is 12.0. The van der Waals surface area contributed by atoms with Crippen molar-refractivity contribution >= 4 is 17.0 Å². The monoisotopic (exact) mass is 366 g/mol. The fraction of sp³-hybridized carbons (Fsp3) is 0.333. The lowest BCUT2D eigenvalue weighted by atomic mass is 9.94. The van der Waals surface area contributed by atoms with Crippen LogP contribution in [0.1, 0.15) is 25.3 Å². The van der Waals surface area contributed by atoms with E-state index in [-0.39, 0.29) is 11.9 Å². The van der Waals surface area contributed by atoms with E-state index >= 15 is 0 Å². The van der Waals surface area contributed by atoms with Gasteiger partial charge in [-0.1, -0.05) is 24.3 Å². The standard InChI is InChI=1S/C21H22N2O4/c1-14(13-23-17-5-3-4-6-18(17)27-20(23)25)22-19(24)21(11-12-21)15-7-9-16(26-2)10-8-15/h3-10,14H,11-13H2,1-2H3,(H,22,24)/t14-/m0/s1. The quantitative estimate of drug-likeness (QED) is 0.728. The van der Waals surface area contributed by atoms with E-state index in [0.717, 1.165) is 29.7 Å². The number of hydrogen-bond donors (Lipinski definition) is 1. The Labute approximate surface area is 156 Å². The largest absolute Gasteiger partial charge is 0.497 e. The average Bonchev–Trinajstić information content (AvgIpc) is 3.43. The maximum absolute atomic E-state index is 12.9. The molecule has 0 saturated heterocycles. The summed E-state index contributed by atoms with van der Waals surface area (Å²) in [6.07, 6.45) is 1.65. The minimum absolute atomic E-state index is 0.000941. The summed E-state index contributed by atoms with van der Waals surface area (Å²) in [5.74, 6) is 0.365. The number of fused-ring (bicyclic) bond motifs is 1. The average molecular weight is 366 g/mol. The predicted octanol–water partition coefficient (Wildman–Crippen LogP) is 2.84. The second-order valence-corrected chi connectivity index (χ2v) is 7.13. The molecule has 1 heterocycles. The molecule has 6 heteroatoms. The number of methoxy groups -OCH3 is 1. The van der Waals surface area contributed by atoms with Gasteiger partial charge in [0.25, 0.3) is 0 Å². The third-order valence-corrected chi connectivity index (χ3v) is 5.23. The van der Waals surface area contributed by atoms with E-state index in [9.17, 15) is 9.59 Å². The van der Waals surface area contributed by atoms with E-state index in [4.69, 9.17) is 9.15 Å². The van der Waals surface area contributed by atoms with Crippen molar-refractivity contribution in [2.75, 3.05) is 7.11 Å². The zero-order valence-corrected chi connectivity index (χ0v) is 15.4. The second kappa shape index (κ2) is 6.61. The van der Waals surface area contributed by atoms with Crippen molar-refractivity contribution in [2.45, 2.75) is 37.8 Å². The lowest BCUT2D eigenvalue weighted by molar-refractivity contribution is -0.124. The molecule has 2 aromatic carbocycles. The van der Waals surface area contributed by atoms with E-state index in [1.165, 1.54) is 0 Å². The summed E-state index contributed by atoms with van der Waals surface area (Å²) >= 11 is 0. The number of carbonyl (C=O) groups is 1. The molecule has 1 N–H and O–H groups in total. The molecule has 27 heavy (non-hydrogen) atoms. The highest BCUT2D eigenvalue weighted by Crippen LogP contribution is 2.48. The van der Waals surface area contributed by atoms with Crippen molar-refractivity contribution < 1.29 is 13.9 Å². The summed E-state index contributed by atoms with van der Waals surface area (Å²) in [6, 6.07) is 14.7. The number of aromatic nitrogens is 1. The number of benzene rings is 2. The Hall–Kier alpha value is -3.02. The molecule has 4 rings (SSSR count). The molecular formula is C21H22N2O4. The van der Waals surface area contributed by atoms with Crippen LogP contribution in [0, 0.1) is 0 Å². The SMILES string of the molecule is COc1ccc(C2(C(=O)N[C@@H](C)Cn3c(=O)oc4ccccc43)CC2)cc1. The molecule has 140 valence electrons. The highest BCUT2D eigenvalue weighted by atomic mass is 16.5. The lowest BCUT2D eigenvalue weighted by Crippen LogP contribution is -2.42. The Balaban J connectivity index is 1.49. The Kier molecular flexibility index (Phi) is 4.26. The number of oxazole rings is 1. The smallest absolute Gasteiger partial charge is 0.420 e. The number of para-hydroxylation sites is 2. The van der Waals surface area contributed by atoms with Crippen LogP contribution >= 0.6 is 0 Å². The lowest BCUT2D eigenvalue weighted by Gasteiger charge is -2.20. The van der Waals surface area contributed by atoms with E-state index in [1.807, 2.05) is 49.4 Å². The molecule has 1 aliphatic carbocycles. The van der Waals surface area contributed by atoms with Crippen LogP contribution in [0.15, 0.2) is 57.7 Å². The highest BCUT2D eigenvalue weighted by Gasteiger charge is 2.51. The Morgan fingerprint density at radius 2 is 1.93 bits per heavy atom. The fourth-order valence-electron chi connectivity index (χ4n) is 3.55. The number of rotatable bonds is 6. The molecule has 3 aromatic rings. The molecule has 1 amide bonds. The van der Waals surface area contributed by atoms with E-state index in [0.29, 0.717) is 12.1 Å². The fourth-order valence-corrected chi connectivity index (χ4v) is 3.55. The Bertz CT molecular complexity index is 1030. The minimum atomic E-state index is -0.468. The van der Waals surface area contributed by atoms with Gasteiger partial charge in [-0.25, -0.2) is 4.79 Å². The van der Waals surface area contributed by atoms with Crippen LogP contribution in [0.2, 0.25) is 0 Å². The van der Waals surface area contributed by atoms with E-state index in [2.05, 4.69) is 5.32 Å². The predicted molar refractivity (Wildman–Crippen MR) is 102 cm³/mol. The minimum Gasteiger partial charge on any atom is -0.497 e. The zero-order chi connectivity index (χ0) is 19.0. The highest BCUT2D eigenvalue weighted by molar-refractivity contribution is 5.91. The number of carbonyl (C=O) groups excluding carboxylic acids is 1. The molecule has 1 aromatic heterocycles. The molecule has 0 unspecified atom stereocenters.